The number of aliphatic hydroxyl groups excluding tert-OH is 1. The number of benzene rings is 2. The molecule has 0 aromatic heterocycles. The van der Waals surface area contributed by atoms with Crippen molar-refractivity contribution in [3.8, 4) is 17.2 Å². The first-order valence-electron chi connectivity index (χ1n) is 7.93. The summed E-state index contributed by atoms with van der Waals surface area (Å²) in [5.74, 6) is 0.392. The molecule has 0 aliphatic heterocycles. The summed E-state index contributed by atoms with van der Waals surface area (Å²) in [6.45, 7) is -3.11. The molecule has 2 aromatic rings. The van der Waals surface area contributed by atoms with Gasteiger partial charge >= 0.3 is 12.6 Å². The van der Waals surface area contributed by atoms with E-state index in [1.54, 1.807) is 24.3 Å². The van der Waals surface area contributed by atoms with E-state index in [-0.39, 0.29) is 23.7 Å². The van der Waals surface area contributed by atoms with Crippen LogP contribution < -0.4 is 24.8 Å². The third kappa shape index (κ3) is 5.71. The number of urea groups is 1. The fourth-order valence-electron chi connectivity index (χ4n) is 2.36. The molecule has 0 spiro atoms. The van der Waals surface area contributed by atoms with E-state index in [0.717, 1.165) is 0 Å². The van der Waals surface area contributed by atoms with Crippen molar-refractivity contribution in [1.29, 1.82) is 0 Å². The third-order valence-electron chi connectivity index (χ3n) is 3.59. The quantitative estimate of drug-likeness (QED) is 0.653. The number of nitrogens with one attached hydrogen (secondary N) is 2. The van der Waals surface area contributed by atoms with E-state index in [1.165, 1.54) is 32.4 Å². The Morgan fingerprint density at radius 2 is 1.78 bits per heavy atom. The monoisotopic (exact) mass is 382 g/mol. The molecule has 0 fully saturated rings. The van der Waals surface area contributed by atoms with Crippen LogP contribution in [0.4, 0.5) is 19.3 Å². The predicted molar refractivity (Wildman–Crippen MR) is 94.6 cm³/mol. The van der Waals surface area contributed by atoms with Crippen LogP contribution in [0.25, 0.3) is 0 Å². The maximum atomic E-state index is 12.4. The van der Waals surface area contributed by atoms with Crippen molar-refractivity contribution in [1.82, 2.24) is 5.32 Å². The van der Waals surface area contributed by atoms with Gasteiger partial charge in [0.1, 0.15) is 5.75 Å². The zero-order valence-electron chi connectivity index (χ0n) is 14.7. The van der Waals surface area contributed by atoms with Crippen molar-refractivity contribution < 1.29 is 32.9 Å². The highest BCUT2D eigenvalue weighted by atomic mass is 19.3. The van der Waals surface area contributed by atoms with Crippen LogP contribution in [0.15, 0.2) is 42.5 Å². The fraction of sp³-hybridized carbons (Fsp3) is 0.278. The van der Waals surface area contributed by atoms with Crippen LogP contribution in [0.2, 0.25) is 0 Å². The number of carbonyl (C=O) groups excluding carboxylic acids is 1. The Kier molecular flexibility index (Phi) is 7.18. The van der Waals surface area contributed by atoms with Crippen LogP contribution in [-0.2, 0) is 0 Å². The first-order chi connectivity index (χ1) is 12.9. The first-order valence-corrected chi connectivity index (χ1v) is 7.93. The number of para-hydroxylation sites is 1. The molecule has 27 heavy (non-hydrogen) atoms. The van der Waals surface area contributed by atoms with Crippen LogP contribution in [0.3, 0.4) is 0 Å². The second-order valence-electron chi connectivity index (χ2n) is 5.34. The van der Waals surface area contributed by atoms with Crippen molar-refractivity contribution in [2.45, 2.75) is 12.7 Å². The summed E-state index contributed by atoms with van der Waals surface area (Å²) in [5, 5.41) is 15.2. The molecule has 2 rings (SSSR count). The van der Waals surface area contributed by atoms with Gasteiger partial charge in [0.25, 0.3) is 0 Å². The molecule has 0 aliphatic rings. The van der Waals surface area contributed by atoms with Gasteiger partial charge in [-0.1, -0.05) is 18.2 Å². The second-order valence-corrected chi connectivity index (χ2v) is 5.34. The number of alkyl halides is 2. The molecule has 0 saturated carbocycles. The van der Waals surface area contributed by atoms with Crippen molar-refractivity contribution in [2.75, 3.05) is 26.1 Å². The number of halogens is 2. The van der Waals surface area contributed by atoms with Crippen LogP contribution in [0.1, 0.15) is 11.7 Å². The molecule has 0 radical (unpaired) electrons. The highest BCUT2D eigenvalue weighted by molar-refractivity contribution is 5.89. The Balaban J connectivity index is 1.97. The second kappa shape index (κ2) is 9.58. The SMILES string of the molecule is COc1ccc(NC(=O)NCC(O)c2ccccc2OC)cc1OC(F)F. The van der Waals surface area contributed by atoms with Gasteiger partial charge in [-0.15, -0.1) is 0 Å². The van der Waals surface area contributed by atoms with Gasteiger partial charge in [0.15, 0.2) is 11.5 Å². The molecule has 0 saturated heterocycles. The molecule has 1 atom stereocenters. The summed E-state index contributed by atoms with van der Waals surface area (Å²) in [6, 6.07) is 10.3. The van der Waals surface area contributed by atoms with Gasteiger partial charge in [-0.2, -0.15) is 8.78 Å². The van der Waals surface area contributed by atoms with Gasteiger partial charge in [-0.3, -0.25) is 0 Å². The summed E-state index contributed by atoms with van der Waals surface area (Å²) in [7, 11) is 2.79. The number of hydrogen-bond acceptors (Lipinski definition) is 5. The average molecular weight is 382 g/mol. The summed E-state index contributed by atoms with van der Waals surface area (Å²) < 4.78 is 39.3. The van der Waals surface area contributed by atoms with Crippen LogP contribution in [-0.4, -0.2) is 38.5 Å². The van der Waals surface area contributed by atoms with E-state index < -0.39 is 18.7 Å². The van der Waals surface area contributed by atoms with Crippen molar-refractivity contribution in [3.63, 3.8) is 0 Å². The maximum absolute atomic E-state index is 12.4. The minimum Gasteiger partial charge on any atom is -0.496 e. The first kappa shape index (κ1) is 20.2. The van der Waals surface area contributed by atoms with Gasteiger partial charge in [-0.25, -0.2) is 4.79 Å². The number of methoxy groups -OCH3 is 2. The highest BCUT2D eigenvalue weighted by Gasteiger charge is 2.15. The van der Waals surface area contributed by atoms with Crippen LogP contribution >= 0.6 is 0 Å². The lowest BCUT2D eigenvalue weighted by Gasteiger charge is -2.16. The topological polar surface area (TPSA) is 89.1 Å². The maximum Gasteiger partial charge on any atom is 0.387 e. The Morgan fingerprint density at radius 1 is 1.07 bits per heavy atom. The smallest absolute Gasteiger partial charge is 0.387 e. The molecule has 146 valence electrons. The summed E-state index contributed by atoms with van der Waals surface area (Å²) in [6.07, 6.45) is -0.986. The number of aliphatic hydroxyl groups is 1. The highest BCUT2D eigenvalue weighted by Crippen LogP contribution is 2.31. The number of amides is 2. The Labute approximate surface area is 154 Å². The van der Waals surface area contributed by atoms with Gasteiger partial charge in [-0.05, 0) is 18.2 Å². The molecule has 1 unspecified atom stereocenters. The van der Waals surface area contributed by atoms with E-state index >= 15 is 0 Å². The van der Waals surface area contributed by atoms with Gasteiger partial charge in [0, 0.05) is 23.9 Å². The molecular weight excluding hydrogens is 362 g/mol. The summed E-state index contributed by atoms with van der Waals surface area (Å²) >= 11 is 0. The Bertz CT molecular complexity index is 773. The minimum absolute atomic E-state index is 0.0806. The lowest BCUT2D eigenvalue weighted by molar-refractivity contribution is -0.0511. The summed E-state index contributed by atoms with van der Waals surface area (Å²) in [5.41, 5.74) is 0.744. The summed E-state index contributed by atoms with van der Waals surface area (Å²) in [4.78, 5) is 12.0. The van der Waals surface area contributed by atoms with E-state index in [0.29, 0.717) is 11.3 Å². The van der Waals surface area contributed by atoms with Gasteiger partial charge < -0.3 is 30.0 Å². The van der Waals surface area contributed by atoms with Crippen molar-refractivity contribution in [3.05, 3.63) is 48.0 Å². The van der Waals surface area contributed by atoms with Crippen LogP contribution in [0.5, 0.6) is 17.2 Å². The minimum atomic E-state index is -3.03. The predicted octanol–water partition coefficient (Wildman–Crippen LogP) is 3.16. The standard InChI is InChI=1S/C18H20F2N2O5/c1-25-14-6-4-3-5-12(14)13(23)10-21-18(24)22-11-7-8-15(26-2)16(9-11)27-17(19)20/h3-9,13,17,23H,10H2,1-2H3,(H2,21,22,24). The molecule has 0 aliphatic carbocycles. The van der Waals surface area contributed by atoms with Crippen molar-refractivity contribution >= 4 is 11.7 Å². The molecule has 7 nitrogen and oxygen atoms in total. The van der Waals surface area contributed by atoms with E-state index in [2.05, 4.69) is 15.4 Å². The number of carbonyl (C=O) groups is 1. The van der Waals surface area contributed by atoms with Gasteiger partial charge in [0.2, 0.25) is 0 Å². The molecule has 3 N–H and O–H groups in total. The molecule has 0 heterocycles. The van der Waals surface area contributed by atoms with E-state index in [4.69, 9.17) is 9.47 Å². The lowest BCUT2D eigenvalue weighted by Crippen LogP contribution is -2.32. The molecule has 9 heteroatoms. The number of hydrogen-bond donors (Lipinski definition) is 3. The largest absolute Gasteiger partial charge is 0.496 e. The number of anilines is 1. The van der Waals surface area contributed by atoms with Gasteiger partial charge in [0.05, 0.1) is 20.3 Å². The van der Waals surface area contributed by atoms with E-state index in [1.807, 2.05) is 0 Å². The Morgan fingerprint density at radius 3 is 2.44 bits per heavy atom. The molecule has 2 amide bonds. The van der Waals surface area contributed by atoms with Crippen molar-refractivity contribution in [2.24, 2.45) is 0 Å². The zero-order chi connectivity index (χ0) is 19.8. The molecular formula is C18H20F2N2O5. The zero-order valence-corrected chi connectivity index (χ0v) is 14.7. The number of rotatable bonds is 8. The molecule has 0 bridgehead atoms. The third-order valence-corrected chi connectivity index (χ3v) is 3.59. The Hall–Kier alpha value is -3.07. The van der Waals surface area contributed by atoms with E-state index in [9.17, 15) is 18.7 Å². The fourth-order valence-corrected chi connectivity index (χ4v) is 2.36. The average Bonchev–Trinajstić information content (AvgIpc) is 2.66. The lowest BCUT2D eigenvalue weighted by atomic mass is 10.1. The number of ether oxygens (including phenoxy) is 3. The normalized spacial score (nSPS) is 11.6. The molecule has 2 aromatic carbocycles. The van der Waals surface area contributed by atoms with Crippen LogP contribution in [0, 0.1) is 0 Å².